The molecule has 2 aromatic heterocycles. The zero-order valence-electron chi connectivity index (χ0n) is 20.5. The molecule has 1 aliphatic heterocycles. The van der Waals surface area contributed by atoms with E-state index in [-0.39, 0.29) is 17.8 Å². The molecule has 2 atom stereocenters. The monoisotopic (exact) mass is 550 g/mol. The molecular formula is C30H22N4O3S2. The average Bonchev–Trinajstić information content (AvgIpc) is 3.59. The SMILES string of the molecule is O=[N+]([O-])c1ccc(Sc2ccc(N3C(=S)N[C@H](c4ccccn4)[C@H]3c3ccc(-c4ccccc4)o3)cc2)cc1. The van der Waals surface area contributed by atoms with Crippen molar-refractivity contribution in [3.8, 4) is 11.3 Å². The highest BCUT2D eigenvalue weighted by molar-refractivity contribution is 7.99. The standard InChI is InChI=1S/C30H22N4O3S2/c35-34(36)22-11-15-24(16-12-22)39-23-13-9-21(10-14-23)33-29(28(32-30(33)38)25-8-4-5-19-31-25)27-18-17-26(37-27)20-6-2-1-3-7-20/h1-19,28-29H,(H,32,38)/t28-,29-/m1/s1. The Morgan fingerprint density at radius 3 is 2.23 bits per heavy atom. The number of aromatic nitrogens is 1. The van der Waals surface area contributed by atoms with Crippen molar-refractivity contribution in [3.05, 3.63) is 137 Å². The lowest BCUT2D eigenvalue weighted by Gasteiger charge is -2.26. The van der Waals surface area contributed by atoms with E-state index in [0.717, 1.165) is 38.3 Å². The molecule has 3 aromatic carbocycles. The van der Waals surface area contributed by atoms with Gasteiger partial charge in [0, 0.05) is 39.4 Å². The Morgan fingerprint density at radius 1 is 0.872 bits per heavy atom. The molecule has 0 saturated carbocycles. The number of nitro benzene ring substituents is 1. The van der Waals surface area contributed by atoms with Gasteiger partial charge in [-0.05, 0) is 72.9 Å². The van der Waals surface area contributed by atoms with Crippen LogP contribution in [0.4, 0.5) is 11.4 Å². The highest BCUT2D eigenvalue weighted by Gasteiger charge is 2.42. The van der Waals surface area contributed by atoms with E-state index in [4.69, 9.17) is 16.6 Å². The first-order valence-corrected chi connectivity index (χ1v) is 13.5. The summed E-state index contributed by atoms with van der Waals surface area (Å²) in [5.74, 6) is 1.57. The van der Waals surface area contributed by atoms with Crippen molar-refractivity contribution in [1.82, 2.24) is 10.3 Å². The Kier molecular flexibility index (Phi) is 6.83. The summed E-state index contributed by atoms with van der Waals surface area (Å²) in [6.45, 7) is 0. The molecule has 5 aromatic rings. The number of anilines is 1. The molecule has 1 fully saturated rings. The minimum atomic E-state index is -0.396. The third-order valence-electron chi connectivity index (χ3n) is 6.47. The lowest BCUT2D eigenvalue weighted by molar-refractivity contribution is -0.384. The molecule has 1 saturated heterocycles. The zero-order chi connectivity index (χ0) is 26.8. The summed E-state index contributed by atoms with van der Waals surface area (Å²) in [6.07, 6.45) is 1.78. The minimum absolute atomic E-state index is 0.0755. The van der Waals surface area contributed by atoms with Gasteiger partial charge in [0.15, 0.2) is 5.11 Å². The van der Waals surface area contributed by atoms with Gasteiger partial charge < -0.3 is 14.6 Å². The fraction of sp³-hybridized carbons (Fsp3) is 0.0667. The smallest absolute Gasteiger partial charge is 0.269 e. The highest BCUT2D eigenvalue weighted by atomic mass is 32.2. The number of thiocarbonyl (C=S) groups is 1. The van der Waals surface area contributed by atoms with Crippen LogP contribution in [-0.4, -0.2) is 15.0 Å². The van der Waals surface area contributed by atoms with Gasteiger partial charge in [-0.2, -0.15) is 0 Å². The molecule has 9 heteroatoms. The zero-order valence-corrected chi connectivity index (χ0v) is 22.1. The Labute approximate surface area is 234 Å². The van der Waals surface area contributed by atoms with E-state index in [0.29, 0.717) is 5.11 Å². The molecule has 39 heavy (non-hydrogen) atoms. The second-order valence-corrected chi connectivity index (χ2v) is 10.4. The Bertz CT molecular complexity index is 1610. The number of nitrogens with one attached hydrogen (secondary N) is 1. The van der Waals surface area contributed by atoms with E-state index in [1.165, 1.54) is 23.9 Å². The van der Waals surface area contributed by atoms with E-state index in [2.05, 4.69) is 15.2 Å². The van der Waals surface area contributed by atoms with Gasteiger partial charge in [0.1, 0.15) is 17.6 Å². The molecule has 0 radical (unpaired) electrons. The molecule has 7 nitrogen and oxygen atoms in total. The topological polar surface area (TPSA) is 84.4 Å². The van der Waals surface area contributed by atoms with Gasteiger partial charge in [0.05, 0.1) is 16.7 Å². The third-order valence-corrected chi connectivity index (χ3v) is 7.80. The van der Waals surface area contributed by atoms with Crippen molar-refractivity contribution in [1.29, 1.82) is 0 Å². The van der Waals surface area contributed by atoms with Gasteiger partial charge in [-0.3, -0.25) is 15.1 Å². The van der Waals surface area contributed by atoms with Crippen molar-refractivity contribution in [2.24, 2.45) is 0 Å². The number of nitro groups is 1. The second-order valence-electron chi connectivity index (χ2n) is 8.91. The van der Waals surface area contributed by atoms with Crippen molar-refractivity contribution in [2.75, 3.05) is 4.90 Å². The molecule has 0 amide bonds. The van der Waals surface area contributed by atoms with Crippen molar-refractivity contribution in [3.63, 3.8) is 0 Å². The summed E-state index contributed by atoms with van der Waals surface area (Å²) < 4.78 is 6.41. The van der Waals surface area contributed by atoms with E-state index >= 15 is 0 Å². The van der Waals surface area contributed by atoms with Crippen LogP contribution in [0.5, 0.6) is 0 Å². The summed E-state index contributed by atoms with van der Waals surface area (Å²) in [5.41, 5.74) is 2.87. The number of hydrogen-bond donors (Lipinski definition) is 1. The molecule has 1 N–H and O–H groups in total. The van der Waals surface area contributed by atoms with Crippen LogP contribution >= 0.6 is 24.0 Å². The fourth-order valence-corrected chi connectivity index (χ4v) is 5.80. The van der Waals surface area contributed by atoms with E-state index in [1.807, 2.05) is 84.9 Å². The summed E-state index contributed by atoms with van der Waals surface area (Å²) >= 11 is 7.37. The van der Waals surface area contributed by atoms with Gasteiger partial charge in [0.2, 0.25) is 0 Å². The van der Waals surface area contributed by atoms with Gasteiger partial charge in [0.25, 0.3) is 5.69 Å². The largest absolute Gasteiger partial charge is 0.459 e. The second kappa shape index (κ2) is 10.7. The van der Waals surface area contributed by atoms with Gasteiger partial charge >= 0.3 is 0 Å². The van der Waals surface area contributed by atoms with Crippen molar-refractivity contribution >= 4 is 40.5 Å². The predicted molar refractivity (Wildman–Crippen MR) is 156 cm³/mol. The predicted octanol–water partition coefficient (Wildman–Crippen LogP) is 7.58. The lowest BCUT2D eigenvalue weighted by Crippen LogP contribution is -2.29. The number of non-ortho nitro benzene ring substituents is 1. The number of pyridine rings is 1. The lowest BCUT2D eigenvalue weighted by atomic mass is 10.0. The molecule has 6 rings (SSSR count). The molecule has 0 unspecified atom stereocenters. The Balaban J connectivity index is 1.31. The van der Waals surface area contributed by atoms with Crippen LogP contribution in [0.25, 0.3) is 11.3 Å². The van der Waals surface area contributed by atoms with Gasteiger partial charge in [-0.15, -0.1) is 0 Å². The van der Waals surface area contributed by atoms with Crippen molar-refractivity contribution in [2.45, 2.75) is 21.9 Å². The molecule has 1 aliphatic rings. The van der Waals surface area contributed by atoms with Crippen LogP contribution in [0.2, 0.25) is 0 Å². The molecular weight excluding hydrogens is 528 g/mol. The summed E-state index contributed by atoms with van der Waals surface area (Å²) in [7, 11) is 0. The van der Waals surface area contributed by atoms with Crippen LogP contribution in [0.1, 0.15) is 23.5 Å². The number of benzene rings is 3. The van der Waals surface area contributed by atoms with E-state index < -0.39 is 4.92 Å². The molecule has 192 valence electrons. The molecule has 0 spiro atoms. The normalized spacial score (nSPS) is 16.7. The third kappa shape index (κ3) is 5.14. The number of furan rings is 1. The first-order chi connectivity index (χ1) is 19.1. The first-order valence-electron chi connectivity index (χ1n) is 12.2. The van der Waals surface area contributed by atoms with Crippen LogP contribution < -0.4 is 10.2 Å². The molecule has 0 aliphatic carbocycles. The first kappa shape index (κ1) is 24.8. The highest BCUT2D eigenvalue weighted by Crippen LogP contribution is 2.43. The number of rotatable bonds is 7. The van der Waals surface area contributed by atoms with Crippen LogP contribution in [0.3, 0.4) is 0 Å². The summed E-state index contributed by atoms with van der Waals surface area (Å²) in [5, 5.41) is 15.0. The summed E-state index contributed by atoms with van der Waals surface area (Å²) in [6, 6.07) is 34.0. The summed E-state index contributed by atoms with van der Waals surface area (Å²) in [4.78, 5) is 19.2. The van der Waals surface area contributed by atoms with Gasteiger partial charge in [-0.1, -0.05) is 48.2 Å². The van der Waals surface area contributed by atoms with Crippen LogP contribution in [-0.2, 0) is 0 Å². The Morgan fingerprint density at radius 2 is 1.56 bits per heavy atom. The number of hydrogen-bond acceptors (Lipinski definition) is 6. The Hall–Kier alpha value is -4.47. The van der Waals surface area contributed by atoms with Gasteiger partial charge in [-0.25, -0.2) is 0 Å². The maximum atomic E-state index is 10.9. The quantitative estimate of drug-likeness (QED) is 0.126. The minimum Gasteiger partial charge on any atom is -0.459 e. The maximum absolute atomic E-state index is 10.9. The van der Waals surface area contributed by atoms with E-state index in [1.54, 1.807) is 18.3 Å². The maximum Gasteiger partial charge on any atom is 0.269 e. The molecule has 0 bridgehead atoms. The molecule has 3 heterocycles. The van der Waals surface area contributed by atoms with Crippen LogP contribution in [0.15, 0.2) is 130 Å². The number of nitrogens with zero attached hydrogens (tertiary/aromatic N) is 3. The van der Waals surface area contributed by atoms with E-state index in [9.17, 15) is 10.1 Å². The fourth-order valence-electron chi connectivity index (χ4n) is 4.64. The van der Waals surface area contributed by atoms with Crippen molar-refractivity contribution < 1.29 is 9.34 Å². The van der Waals surface area contributed by atoms with Crippen LogP contribution in [0, 0.1) is 10.1 Å². The average molecular weight is 551 g/mol.